The summed E-state index contributed by atoms with van der Waals surface area (Å²) in [6.45, 7) is 3.60. The van der Waals surface area contributed by atoms with Crippen molar-refractivity contribution in [1.29, 1.82) is 0 Å². The molecule has 1 unspecified atom stereocenters. The molecule has 0 bridgehead atoms. The van der Waals surface area contributed by atoms with E-state index in [1.54, 1.807) is 4.90 Å². The van der Waals surface area contributed by atoms with Gasteiger partial charge in [0.1, 0.15) is 0 Å². The van der Waals surface area contributed by atoms with Gasteiger partial charge in [0, 0.05) is 26.1 Å². The first-order valence-corrected chi connectivity index (χ1v) is 6.07. The Morgan fingerprint density at radius 3 is 2.83 bits per heavy atom. The Kier molecular flexibility index (Phi) is 3.56. The van der Waals surface area contributed by atoms with Crippen LogP contribution < -0.4 is 5.32 Å². The monoisotopic (exact) mass is 254 g/mol. The molecule has 2 aliphatic rings. The maximum Gasteiger partial charge on any atom is 0.332 e. The minimum absolute atomic E-state index is 0.0385. The summed E-state index contributed by atoms with van der Waals surface area (Å²) in [6, 6.07) is -0.327. The van der Waals surface area contributed by atoms with E-state index < -0.39 is 11.5 Å². The van der Waals surface area contributed by atoms with E-state index in [9.17, 15) is 14.7 Å². The summed E-state index contributed by atoms with van der Waals surface area (Å²) in [4.78, 5) is 24.9. The van der Waals surface area contributed by atoms with Crippen molar-refractivity contribution >= 4 is 12.0 Å². The number of hydrogen-bond donors (Lipinski definition) is 2. The Bertz CT molecular complexity index is 386. The topological polar surface area (TPSA) is 78.9 Å². The van der Waals surface area contributed by atoms with E-state index in [0.717, 1.165) is 6.42 Å². The van der Waals surface area contributed by atoms with Crippen molar-refractivity contribution < 1.29 is 19.4 Å². The van der Waals surface area contributed by atoms with Crippen LogP contribution in [0.15, 0.2) is 11.6 Å². The molecule has 0 radical (unpaired) electrons. The molecule has 18 heavy (non-hydrogen) atoms. The third-order valence-electron chi connectivity index (χ3n) is 3.50. The van der Waals surface area contributed by atoms with Crippen molar-refractivity contribution in [1.82, 2.24) is 10.2 Å². The maximum atomic E-state index is 12.0. The lowest BCUT2D eigenvalue weighted by atomic mass is 9.99. The van der Waals surface area contributed by atoms with Crippen LogP contribution >= 0.6 is 0 Å². The standard InChI is InChI=1S/C12H18N2O4/c1-9-2-5-14(6-3-9)11(17)13-12(10(15)16)4-7-18-8-12/h2H,3-8H2,1H3,(H,13,17)(H,15,16). The van der Waals surface area contributed by atoms with E-state index >= 15 is 0 Å². The van der Waals surface area contributed by atoms with E-state index in [-0.39, 0.29) is 12.6 Å². The predicted molar refractivity (Wildman–Crippen MR) is 64.3 cm³/mol. The van der Waals surface area contributed by atoms with Crippen LogP contribution in [0.2, 0.25) is 0 Å². The summed E-state index contributed by atoms with van der Waals surface area (Å²) in [5, 5.41) is 11.8. The number of carbonyl (C=O) groups is 2. The van der Waals surface area contributed by atoms with E-state index in [1.807, 2.05) is 13.0 Å². The van der Waals surface area contributed by atoms with Gasteiger partial charge in [-0.05, 0) is 13.3 Å². The minimum atomic E-state index is -1.26. The zero-order valence-electron chi connectivity index (χ0n) is 10.4. The van der Waals surface area contributed by atoms with Crippen LogP contribution in [0.4, 0.5) is 4.79 Å². The van der Waals surface area contributed by atoms with Crippen molar-refractivity contribution in [2.75, 3.05) is 26.3 Å². The van der Waals surface area contributed by atoms with Gasteiger partial charge in [-0.1, -0.05) is 11.6 Å². The third kappa shape index (κ3) is 2.48. The molecule has 0 aliphatic carbocycles. The molecule has 2 N–H and O–H groups in total. The number of hydrogen-bond acceptors (Lipinski definition) is 3. The lowest BCUT2D eigenvalue weighted by molar-refractivity contribution is -0.144. The summed E-state index contributed by atoms with van der Waals surface area (Å²) < 4.78 is 5.10. The molecule has 0 aromatic carbocycles. The van der Waals surface area contributed by atoms with Crippen LogP contribution in [0.3, 0.4) is 0 Å². The Morgan fingerprint density at radius 1 is 1.56 bits per heavy atom. The zero-order chi connectivity index (χ0) is 13.2. The van der Waals surface area contributed by atoms with Gasteiger partial charge in [0.25, 0.3) is 0 Å². The van der Waals surface area contributed by atoms with E-state index in [2.05, 4.69) is 5.32 Å². The molecule has 2 aliphatic heterocycles. The van der Waals surface area contributed by atoms with Crippen LogP contribution in [0.1, 0.15) is 19.8 Å². The number of rotatable bonds is 2. The summed E-state index contributed by atoms with van der Waals surface area (Å²) >= 11 is 0. The smallest absolute Gasteiger partial charge is 0.332 e. The number of carboxylic acid groups (broad SMARTS) is 1. The van der Waals surface area contributed by atoms with Crippen molar-refractivity contribution in [3.8, 4) is 0 Å². The lowest BCUT2D eigenvalue weighted by Gasteiger charge is -2.30. The Hall–Kier alpha value is -1.56. The van der Waals surface area contributed by atoms with Crippen LogP contribution in [0.25, 0.3) is 0 Å². The highest BCUT2D eigenvalue weighted by molar-refractivity contribution is 5.86. The molecule has 2 rings (SSSR count). The number of carboxylic acids is 1. The highest BCUT2D eigenvalue weighted by atomic mass is 16.5. The number of ether oxygens (including phenoxy) is 1. The number of amides is 2. The van der Waals surface area contributed by atoms with Gasteiger partial charge in [-0.25, -0.2) is 9.59 Å². The molecule has 2 heterocycles. The van der Waals surface area contributed by atoms with Gasteiger partial charge >= 0.3 is 12.0 Å². The highest BCUT2D eigenvalue weighted by Gasteiger charge is 2.44. The van der Waals surface area contributed by atoms with Crippen molar-refractivity contribution in [2.24, 2.45) is 0 Å². The molecule has 6 nitrogen and oxygen atoms in total. The van der Waals surface area contributed by atoms with Gasteiger partial charge in [-0.15, -0.1) is 0 Å². The first-order valence-electron chi connectivity index (χ1n) is 6.07. The fourth-order valence-electron chi connectivity index (χ4n) is 2.12. The Labute approximate surface area is 106 Å². The second-order valence-electron chi connectivity index (χ2n) is 4.87. The van der Waals surface area contributed by atoms with Crippen molar-refractivity contribution in [3.05, 3.63) is 11.6 Å². The average molecular weight is 254 g/mol. The Morgan fingerprint density at radius 2 is 2.33 bits per heavy atom. The van der Waals surface area contributed by atoms with E-state index in [4.69, 9.17) is 4.74 Å². The molecular weight excluding hydrogens is 236 g/mol. The first-order chi connectivity index (χ1) is 8.53. The van der Waals surface area contributed by atoms with E-state index in [1.165, 1.54) is 5.57 Å². The van der Waals surface area contributed by atoms with Gasteiger partial charge < -0.3 is 20.1 Å². The van der Waals surface area contributed by atoms with Gasteiger partial charge in [0.2, 0.25) is 0 Å². The minimum Gasteiger partial charge on any atom is -0.479 e. The summed E-state index contributed by atoms with van der Waals surface area (Å²) in [5.74, 6) is -1.03. The van der Waals surface area contributed by atoms with Crippen LogP contribution in [-0.2, 0) is 9.53 Å². The highest BCUT2D eigenvalue weighted by Crippen LogP contribution is 2.20. The van der Waals surface area contributed by atoms with Crippen LogP contribution in [-0.4, -0.2) is 53.8 Å². The summed E-state index contributed by atoms with van der Waals surface area (Å²) in [7, 11) is 0. The molecule has 2 amide bonds. The van der Waals surface area contributed by atoms with Gasteiger partial charge in [0.05, 0.1) is 6.61 Å². The number of nitrogens with zero attached hydrogens (tertiary/aromatic N) is 1. The molecule has 1 saturated heterocycles. The normalized spacial score (nSPS) is 27.8. The lowest BCUT2D eigenvalue weighted by Crippen LogP contribution is -2.58. The summed E-state index contributed by atoms with van der Waals surface area (Å²) in [5.41, 5.74) is 0.00371. The fraction of sp³-hybridized carbons (Fsp3) is 0.667. The molecule has 0 aromatic rings. The third-order valence-corrected chi connectivity index (χ3v) is 3.50. The zero-order valence-corrected chi connectivity index (χ0v) is 10.4. The quantitative estimate of drug-likeness (QED) is 0.707. The molecule has 6 heteroatoms. The largest absolute Gasteiger partial charge is 0.479 e. The molecule has 0 aromatic heterocycles. The average Bonchev–Trinajstić information content (AvgIpc) is 2.79. The number of nitrogens with one attached hydrogen (secondary N) is 1. The van der Waals surface area contributed by atoms with E-state index in [0.29, 0.717) is 26.1 Å². The number of aliphatic carboxylic acids is 1. The van der Waals surface area contributed by atoms with Crippen molar-refractivity contribution in [3.63, 3.8) is 0 Å². The first kappa shape index (κ1) is 12.9. The number of urea groups is 1. The molecule has 0 saturated carbocycles. The second kappa shape index (κ2) is 4.97. The predicted octanol–water partition coefficient (Wildman–Crippen LogP) is 0.592. The van der Waals surface area contributed by atoms with Crippen molar-refractivity contribution in [2.45, 2.75) is 25.3 Å². The fourth-order valence-corrected chi connectivity index (χ4v) is 2.12. The second-order valence-corrected chi connectivity index (χ2v) is 4.87. The molecule has 1 fully saturated rings. The molecule has 100 valence electrons. The van der Waals surface area contributed by atoms with Crippen LogP contribution in [0, 0.1) is 0 Å². The maximum absolute atomic E-state index is 12.0. The van der Waals surface area contributed by atoms with Gasteiger partial charge in [0.15, 0.2) is 5.54 Å². The molecule has 1 atom stereocenters. The Balaban J connectivity index is 2.00. The summed E-state index contributed by atoms with van der Waals surface area (Å²) in [6.07, 6.45) is 3.14. The number of carbonyl (C=O) groups excluding carboxylic acids is 1. The SMILES string of the molecule is CC1=CCN(C(=O)NC2(C(=O)O)CCOC2)CC1. The molecular formula is C12H18N2O4. The molecule has 0 spiro atoms. The van der Waals surface area contributed by atoms with Crippen LogP contribution in [0.5, 0.6) is 0 Å². The van der Waals surface area contributed by atoms with Gasteiger partial charge in [-0.2, -0.15) is 0 Å². The van der Waals surface area contributed by atoms with Gasteiger partial charge in [-0.3, -0.25) is 0 Å².